The number of nitrogens with one attached hydrogen (secondary N) is 2. The molecule has 0 unspecified atom stereocenters. The maximum Gasteiger partial charge on any atom is 0.166 e. The van der Waals surface area contributed by atoms with Gasteiger partial charge in [-0.25, -0.2) is 0 Å². The van der Waals surface area contributed by atoms with Crippen LogP contribution in [0.2, 0.25) is 0 Å². The Kier molecular flexibility index (Phi) is 6.25. The van der Waals surface area contributed by atoms with Crippen molar-refractivity contribution in [1.82, 2.24) is 15.5 Å². The molecule has 1 heterocycles. The zero-order valence-corrected chi connectivity index (χ0v) is 15.4. The molecule has 0 radical (unpaired) electrons. The van der Waals surface area contributed by atoms with Gasteiger partial charge in [0.2, 0.25) is 0 Å². The van der Waals surface area contributed by atoms with Crippen LogP contribution < -0.4 is 15.4 Å². The van der Waals surface area contributed by atoms with Crippen molar-refractivity contribution >= 4 is 17.3 Å². The van der Waals surface area contributed by atoms with E-state index >= 15 is 0 Å². The highest BCUT2D eigenvalue weighted by molar-refractivity contribution is 7.80. The standard InChI is InChI=1S/C20H25N3OS/c1-24-19-9-7-16(8-10-19)13-21-20(25)22-18-11-12-23(15-18)14-17-5-3-2-4-6-17/h2-10,18H,11-15H2,1H3,(H2,21,22,25)/t18-/m1/s1. The second-order valence-electron chi connectivity index (χ2n) is 6.38. The normalized spacial score (nSPS) is 17.2. The Morgan fingerprint density at radius 3 is 2.60 bits per heavy atom. The van der Waals surface area contributed by atoms with Crippen molar-refractivity contribution in [3.05, 3.63) is 65.7 Å². The first kappa shape index (κ1) is 17.7. The van der Waals surface area contributed by atoms with E-state index in [-0.39, 0.29) is 0 Å². The maximum absolute atomic E-state index is 5.44. The van der Waals surface area contributed by atoms with Gasteiger partial charge in [0.1, 0.15) is 5.75 Å². The van der Waals surface area contributed by atoms with Crippen LogP contribution in [0, 0.1) is 0 Å². The topological polar surface area (TPSA) is 36.5 Å². The molecule has 1 fully saturated rings. The van der Waals surface area contributed by atoms with E-state index in [4.69, 9.17) is 17.0 Å². The molecule has 2 aromatic rings. The third-order valence-corrected chi connectivity index (χ3v) is 4.73. The summed E-state index contributed by atoms with van der Waals surface area (Å²) in [5, 5.41) is 7.45. The summed E-state index contributed by atoms with van der Waals surface area (Å²) in [4.78, 5) is 2.47. The minimum Gasteiger partial charge on any atom is -0.497 e. The number of nitrogens with zero attached hydrogens (tertiary/aromatic N) is 1. The van der Waals surface area contributed by atoms with Gasteiger partial charge in [-0.2, -0.15) is 0 Å². The molecule has 0 aliphatic carbocycles. The number of hydrogen-bond donors (Lipinski definition) is 2. The fourth-order valence-corrected chi connectivity index (χ4v) is 3.34. The highest BCUT2D eigenvalue weighted by Gasteiger charge is 2.22. The Labute approximate surface area is 155 Å². The van der Waals surface area contributed by atoms with Gasteiger partial charge in [-0.05, 0) is 41.9 Å². The van der Waals surface area contributed by atoms with Gasteiger partial charge in [0.15, 0.2) is 5.11 Å². The zero-order chi connectivity index (χ0) is 17.5. The van der Waals surface area contributed by atoms with Crippen molar-refractivity contribution < 1.29 is 4.74 Å². The molecule has 0 saturated carbocycles. The van der Waals surface area contributed by atoms with E-state index in [0.29, 0.717) is 6.04 Å². The van der Waals surface area contributed by atoms with Crippen LogP contribution in [0.15, 0.2) is 54.6 Å². The number of thiocarbonyl (C=S) groups is 1. The van der Waals surface area contributed by atoms with E-state index in [1.807, 2.05) is 24.3 Å². The Morgan fingerprint density at radius 2 is 1.88 bits per heavy atom. The number of likely N-dealkylation sites (tertiary alicyclic amines) is 1. The summed E-state index contributed by atoms with van der Waals surface area (Å²) in [5.41, 5.74) is 2.55. The lowest BCUT2D eigenvalue weighted by molar-refractivity contribution is 0.324. The van der Waals surface area contributed by atoms with Gasteiger partial charge in [-0.15, -0.1) is 0 Å². The maximum atomic E-state index is 5.44. The van der Waals surface area contributed by atoms with Gasteiger partial charge in [-0.1, -0.05) is 42.5 Å². The first-order chi connectivity index (χ1) is 12.2. The van der Waals surface area contributed by atoms with Gasteiger partial charge in [-0.3, -0.25) is 4.90 Å². The molecule has 0 amide bonds. The van der Waals surface area contributed by atoms with E-state index in [9.17, 15) is 0 Å². The molecule has 1 aliphatic heterocycles. The molecule has 2 aromatic carbocycles. The Hall–Kier alpha value is -2.11. The first-order valence-corrected chi connectivity index (χ1v) is 9.07. The minimum absolute atomic E-state index is 0.416. The highest BCUT2D eigenvalue weighted by Crippen LogP contribution is 2.14. The number of hydrogen-bond acceptors (Lipinski definition) is 3. The molecule has 0 spiro atoms. The highest BCUT2D eigenvalue weighted by atomic mass is 32.1. The molecule has 5 heteroatoms. The molecule has 0 aromatic heterocycles. The molecule has 0 bridgehead atoms. The third-order valence-electron chi connectivity index (χ3n) is 4.47. The van der Waals surface area contributed by atoms with Gasteiger partial charge in [0, 0.05) is 32.2 Å². The van der Waals surface area contributed by atoms with Gasteiger partial charge >= 0.3 is 0 Å². The molecular weight excluding hydrogens is 330 g/mol. The van der Waals surface area contributed by atoms with Crippen LogP contribution in [0.3, 0.4) is 0 Å². The molecule has 1 saturated heterocycles. The number of ether oxygens (including phenoxy) is 1. The van der Waals surface area contributed by atoms with Crippen LogP contribution in [0.5, 0.6) is 5.75 Å². The van der Waals surface area contributed by atoms with Crippen molar-refractivity contribution in [3.8, 4) is 5.75 Å². The van der Waals surface area contributed by atoms with Crippen LogP contribution in [-0.2, 0) is 13.1 Å². The monoisotopic (exact) mass is 355 g/mol. The zero-order valence-electron chi connectivity index (χ0n) is 14.6. The quantitative estimate of drug-likeness (QED) is 0.779. The molecule has 4 nitrogen and oxygen atoms in total. The second kappa shape index (κ2) is 8.83. The van der Waals surface area contributed by atoms with Gasteiger partial charge in [0.25, 0.3) is 0 Å². The average Bonchev–Trinajstić information content (AvgIpc) is 3.08. The molecule has 25 heavy (non-hydrogen) atoms. The van der Waals surface area contributed by atoms with E-state index < -0.39 is 0 Å². The van der Waals surface area contributed by atoms with Crippen molar-refractivity contribution in [2.75, 3.05) is 20.2 Å². The van der Waals surface area contributed by atoms with E-state index in [1.165, 1.54) is 11.1 Å². The predicted octanol–water partition coefficient (Wildman–Crippen LogP) is 2.93. The Balaban J connectivity index is 1.39. The summed E-state index contributed by atoms with van der Waals surface area (Å²) < 4.78 is 5.17. The van der Waals surface area contributed by atoms with Gasteiger partial charge < -0.3 is 15.4 Å². The van der Waals surface area contributed by atoms with Gasteiger partial charge in [0.05, 0.1) is 7.11 Å². The van der Waals surface area contributed by atoms with Crippen LogP contribution in [0.25, 0.3) is 0 Å². The molecule has 3 rings (SSSR count). The fraction of sp³-hybridized carbons (Fsp3) is 0.350. The SMILES string of the molecule is COc1ccc(CNC(=S)N[C@@H]2CCN(Cc3ccccc3)C2)cc1. The third kappa shape index (κ3) is 5.44. The van der Waals surface area contributed by atoms with Crippen molar-refractivity contribution in [2.45, 2.75) is 25.6 Å². The van der Waals surface area contributed by atoms with E-state index in [0.717, 1.165) is 43.5 Å². The number of methoxy groups -OCH3 is 1. The van der Waals surface area contributed by atoms with Crippen LogP contribution >= 0.6 is 12.2 Å². The lowest BCUT2D eigenvalue weighted by Gasteiger charge is -2.18. The van der Waals surface area contributed by atoms with E-state index in [2.05, 4.69) is 45.9 Å². The fourth-order valence-electron chi connectivity index (χ4n) is 3.10. The van der Waals surface area contributed by atoms with Crippen molar-refractivity contribution in [2.24, 2.45) is 0 Å². The smallest absolute Gasteiger partial charge is 0.166 e. The average molecular weight is 356 g/mol. The van der Waals surface area contributed by atoms with Crippen LogP contribution in [-0.4, -0.2) is 36.3 Å². The summed E-state index contributed by atoms with van der Waals surface area (Å²) in [6, 6.07) is 19.1. The Bertz CT molecular complexity index is 675. The summed E-state index contributed by atoms with van der Waals surface area (Å²) >= 11 is 5.44. The first-order valence-electron chi connectivity index (χ1n) is 8.66. The van der Waals surface area contributed by atoms with E-state index in [1.54, 1.807) is 7.11 Å². The largest absolute Gasteiger partial charge is 0.497 e. The predicted molar refractivity (Wildman–Crippen MR) is 106 cm³/mol. The molecule has 132 valence electrons. The van der Waals surface area contributed by atoms with Crippen molar-refractivity contribution in [1.29, 1.82) is 0 Å². The molecule has 1 atom stereocenters. The van der Waals surface area contributed by atoms with Crippen molar-refractivity contribution in [3.63, 3.8) is 0 Å². The minimum atomic E-state index is 0.416. The molecule has 2 N–H and O–H groups in total. The second-order valence-corrected chi connectivity index (χ2v) is 6.79. The summed E-state index contributed by atoms with van der Waals surface area (Å²) in [6.07, 6.45) is 1.12. The molecule has 1 aliphatic rings. The number of benzene rings is 2. The summed E-state index contributed by atoms with van der Waals surface area (Å²) in [6.45, 7) is 3.86. The van der Waals surface area contributed by atoms with Crippen LogP contribution in [0.4, 0.5) is 0 Å². The summed E-state index contributed by atoms with van der Waals surface area (Å²) in [7, 11) is 1.68. The number of rotatable bonds is 6. The van der Waals surface area contributed by atoms with Crippen LogP contribution in [0.1, 0.15) is 17.5 Å². The Morgan fingerprint density at radius 1 is 1.12 bits per heavy atom. The molecular formula is C20H25N3OS. The lowest BCUT2D eigenvalue weighted by Crippen LogP contribution is -2.42. The summed E-state index contributed by atoms with van der Waals surface area (Å²) in [5.74, 6) is 0.869. The lowest BCUT2D eigenvalue weighted by atomic mass is 10.2.